The normalized spacial score (nSPS) is 19.0. The van der Waals surface area contributed by atoms with E-state index in [1.165, 1.54) is 24.3 Å². The Morgan fingerprint density at radius 2 is 1.83 bits per heavy atom. The molecule has 0 aromatic heterocycles. The molecular weight excluding hydrogens is 319 g/mol. The molecule has 1 aliphatic rings. The van der Waals surface area contributed by atoms with Gasteiger partial charge in [0.2, 0.25) is 0 Å². The number of nitrogens with zero attached hydrogens (tertiary/aromatic N) is 1. The van der Waals surface area contributed by atoms with Crippen molar-refractivity contribution in [1.29, 1.82) is 0 Å². The Balaban J connectivity index is 1.90. The molecule has 0 saturated heterocycles. The predicted octanol–water partition coefficient (Wildman–Crippen LogP) is 1.82. The molecule has 3 rings (SSSR count). The maximum atomic E-state index is 12.9. The first-order chi connectivity index (χ1) is 11.4. The Labute approximate surface area is 136 Å². The van der Waals surface area contributed by atoms with Crippen molar-refractivity contribution in [2.75, 3.05) is 16.0 Å². The highest BCUT2D eigenvalue weighted by molar-refractivity contribution is 5.78. The van der Waals surface area contributed by atoms with Crippen LogP contribution in [0.25, 0.3) is 0 Å². The van der Waals surface area contributed by atoms with Crippen molar-refractivity contribution < 1.29 is 19.5 Å². The topological polar surface area (TPSA) is 120 Å². The molecule has 0 amide bonds. The smallest absolute Gasteiger partial charge is 0.271 e. The number of nitrogens with one attached hydrogen (secondary N) is 3. The van der Waals surface area contributed by atoms with Crippen LogP contribution in [0.4, 0.5) is 27.1 Å². The first-order valence-corrected chi connectivity index (χ1v) is 7.14. The molecule has 0 saturated carbocycles. The van der Waals surface area contributed by atoms with Gasteiger partial charge in [0, 0.05) is 29.9 Å². The summed E-state index contributed by atoms with van der Waals surface area (Å²) in [5.41, 5.74) is 1.77. The van der Waals surface area contributed by atoms with E-state index in [0.29, 0.717) is 22.6 Å². The van der Waals surface area contributed by atoms with E-state index in [1.54, 1.807) is 12.1 Å². The molecule has 2 aromatic carbocycles. The molecule has 8 nitrogen and oxygen atoms in total. The quantitative estimate of drug-likeness (QED) is 0.427. The Kier molecular flexibility index (Phi) is 4.19. The number of anilines is 3. The van der Waals surface area contributed by atoms with E-state index in [0.717, 1.165) is 0 Å². The van der Waals surface area contributed by atoms with E-state index in [9.17, 15) is 24.7 Å². The van der Waals surface area contributed by atoms with Crippen LogP contribution in [-0.4, -0.2) is 27.6 Å². The van der Waals surface area contributed by atoms with Gasteiger partial charge in [-0.2, -0.15) is 0 Å². The minimum Gasteiger partial charge on any atom is -0.381 e. The fraction of sp³-hybridized carbons (Fsp3) is 0.200. The number of hydrogen-bond donors (Lipinski definition) is 5. The molecule has 126 valence electrons. The summed E-state index contributed by atoms with van der Waals surface area (Å²) < 4.78 is 12.9. The van der Waals surface area contributed by atoms with E-state index in [4.69, 9.17) is 0 Å². The highest BCUT2D eigenvalue weighted by Crippen LogP contribution is 2.35. The lowest BCUT2D eigenvalue weighted by molar-refractivity contribution is -0.384. The Hall–Kier alpha value is -2.91. The van der Waals surface area contributed by atoms with Crippen LogP contribution in [0.3, 0.4) is 0 Å². The molecule has 0 aliphatic carbocycles. The number of aliphatic hydroxyl groups is 2. The number of aliphatic hydroxyl groups excluding tert-OH is 2. The monoisotopic (exact) mass is 334 g/mol. The molecule has 5 N–H and O–H groups in total. The second kappa shape index (κ2) is 6.30. The van der Waals surface area contributed by atoms with Crippen molar-refractivity contribution >= 4 is 22.7 Å². The van der Waals surface area contributed by atoms with Crippen LogP contribution in [-0.2, 0) is 6.54 Å². The minimum atomic E-state index is -1.28. The largest absolute Gasteiger partial charge is 0.381 e. The van der Waals surface area contributed by atoms with Crippen LogP contribution in [0.5, 0.6) is 0 Å². The van der Waals surface area contributed by atoms with Crippen molar-refractivity contribution in [3.05, 3.63) is 57.9 Å². The van der Waals surface area contributed by atoms with Crippen LogP contribution >= 0.6 is 0 Å². The van der Waals surface area contributed by atoms with E-state index in [2.05, 4.69) is 16.0 Å². The average molecular weight is 334 g/mol. The van der Waals surface area contributed by atoms with Crippen molar-refractivity contribution in [2.24, 2.45) is 0 Å². The zero-order valence-electron chi connectivity index (χ0n) is 12.4. The number of nitro benzene ring substituents is 1. The highest BCUT2D eigenvalue weighted by atomic mass is 19.1. The summed E-state index contributed by atoms with van der Waals surface area (Å²) in [5, 5.41) is 38.8. The average Bonchev–Trinajstić information content (AvgIpc) is 2.55. The van der Waals surface area contributed by atoms with Gasteiger partial charge in [-0.25, -0.2) is 4.39 Å². The van der Waals surface area contributed by atoms with Gasteiger partial charge in [0.25, 0.3) is 5.69 Å². The third-order valence-electron chi connectivity index (χ3n) is 3.64. The van der Waals surface area contributed by atoms with Gasteiger partial charge in [0.05, 0.1) is 16.3 Å². The molecule has 24 heavy (non-hydrogen) atoms. The summed E-state index contributed by atoms with van der Waals surface area (Å²) in [5.74, 6) is -0.365. The molecule has 2 atom stereocenters. The van der Waals surface area contributed by atoms with E-state index >= 15 is 0 Å². The third-order valence-corrected chi connectivity index (χ3v) is 3.64. The van der Waals surface area contributed by atoms with Gasteiger partial charge in [-0.3, -0.25) is 10.1 Å². The van der Waals surface area contributed by atoms with Gasteiger partial charge in [-0.05, 0) is 24.3 Å². The number of hydrogen-bond acceptors (Lipinski definition) is 7. The molecule has 9 heteroatoms. The Morgan fingerprint density at radius 1 is 1.17 bits per heavy atom. The summed E-state index contributed by atoms with van der Waals surface area (Å²) in [6.07, 6.45) is -2.53. The zero-order valence-corrected chi connectivity index (χ0v) is 12.4. The number of nitro groups is 1. The van der Waals surface area contributed by atoms with E-state index < -0.39 is 17.4 Å². The van der Waals surface area contributed by atoms with Gasteiger partial charge >= 0.3 is 0 Å². The van der Waals surface area contributed by atoms with Gasteiger partial charge in [0.1, 0.15) is 5.82 Å². The van der Waals surface area contributed by atoms with E-state index in [-0.39, 0.29) is 18.0 Å². The summed E-state index contributed by atoms with van der Waals surface area (Å²) in [4.78, 5) is 10.5. The molecular formula is C15H15FN4O4. The lowest BCUT2D eigenvalue weighted by Gasteiger charge is -2.31. The lowest BCUT2D eigenvalue weighted by atomic mass is 10.1. The van der Waals surface area contributed by atoms with Gasteiger partial charge in [0.15, 0.2) is 12.5 Å². The number of rotatable bonds is 4. The number of benzene rings is 2. The summed E-state index contributed by atoms with van der Waals surface area (Å²) in [6, 6.07) is 8.33. The van der Waals surface area contributed by atoms with Gasteiger partial charge < -0.3 is 26.2 Å². The van der Waals surface area contributed by atoms with E-state index in [1.807, 2.05) is 0 Å². The second-order valence-corrected chi connectivity index (χ2v) is 5.32. The molecule has 0 spiro atoms. The summed E-state index contributed by atoms with van der Waals surface area (Å²) in [7, 11) is 0. The Bertz CT molecular complexity index is 769. The maximum Gasteiger partial charge on any atom is 0.271 e. The van der Waals surface area contributed by atoms with Crippen LogP contribution in [0, 0.1) is 15.9 Å². The maximum absolute atomic E-state index is 12.9. The fourth-order valence-corrected chi connectivity index (χ4v) is 2.44. The highest BCUT2D eigenvalue weighted by Gasteiger charge is 2.27. The molecule has 2 unspecified atom stereocenters. The number of halogens is 1. The van der Waals surface area contributed by atoms with Gasteiger partial charge in [-0.1, -0.05) is 0 Å². The van der Waals surface area contributed by atoms with Gasteiger partial charge in [-0.15, -0.1) is 0 Å². The summed E-state index contributed by atoms with van der Waals surface area (Å²) >= 11 is 0. The van der Waals surface area contributed by atoms with Crippen molar-refractivity contribution in [2.45, 2.75) is 19.0 Å². The van der Waals surface area contributed by atoms with Crippen molar-refractivity contribution in [3.63, 3.8) is 0 Å². The Morgan fingerprint density at radius 3 is 2.50 bits per heavy atom. The molecule has 0 bridgehead atoms. The summed E-state index contributed by atoms with van der Waals surface area (Å²) in [6.45, 7) is 0.202. The lowest BCUT2D eigenvalue weighted by Crippen LogP contribution is -2.43. The van der Waals surface area contributed by atoms with Crippen molar-refractivity contribution in [3.8, 4) is 0 Å². The predicted molar refractivity (Wildman–Crippen MR) is 86.1 cm³/mol. The number of non-ortho nitro benzene ring substituents is 1. The second-order valence-electron chi connectivity index (χ2n) is 5.32. The minimum absolute atomic E-state index is 0.150. The van der Waals surface area contributed by atoms with Crippen LogP contribution in [0.1, 0.15) is 5.56 Å². The first-order valence-electron chi connectivity index (χ1n) is 7.14. The van der Waals surface area contributed by atoms with Crippen LogP contribution < -0.4 is 16.0 Å². The molecule has 0 fully saturated rings. The first kappa shape index (κ1) is 16.0. The van der Waals surface area contributed by atoms with Crippen molar-refractivity contribution in [1.82, 2.24) is 0 Å². The molecule has 1 heterocycles. The van der Waals surface area contributed by atoms with Crippen LogP contribution in [0.2, 0.25) is 0 Å². The fourth-order valence-electron chi connectivity index (χ4n) is 2.44. The standard InChI is InChI=1S/C15H15FN4O4/c16-9-1-3-10(4-2-9)17-7-8-5-11(20(23)24)6-12-13(8)19-15(22)14(21)18-12/h1-6,14-15,17-19,21-22H,7H2. The SMILES string of the molecule is O=[N+]([O-])c1cc(CNc2ccc(F)cc2)c2c(c1)NC(O)C(O)N2. The molecule has 2 aromatic rings. The third kappa shape index (κ3) is 3.21. The van der Waals surface area contributed by atoms with Crippen LogP contribution in [0.15, 0.2) is 36.4 Å². The molecule has 0 radical (unpaired) electrons. The number of fused-ring (bicyclic) bond motifs is 1. The molecule has 1 aliphatic heterocycles. The zero-order chi connectivity index (χ0) is 17.3.